The van der Waals surface area contributed by atoms with E-state index in [1.165, 1.54) is 19.3 Å². The first kappa shape index (κ1) is 15.6. The van der Waals surface area contributed by atoms with Gasteiger partial charge in [-0.25, -0.2) is 0 Å². The predicted molar refractivity (Wildman–Crippen MR) is 90.8 cm³/mol. The molecule has 126 valence electrons. The third-order valence-corrected chi connectivity index (χ3v) is 8.47. The highest BCUT2D eigenvalue weighted by atomic mass is 16.1. The minimum atomic E-state index is 0.213. The maximum atomic E-state index is 12.1. The lowest BCUT2D eigenvalue weighted by atomic mass is 9.46. The molecular formula is C21H30O2. The molecule has 0 aromatic carbocycles. The molecule has 4 rings (SSSR count). The lowest BCUT2D eigenvalue weighted by Crippen LogP contribution is -2.52. The molecule has 4 aliphatic rings. The summed E-state index contributed by atoms with van der Waals surface area (Å²) in [4.78, 5) is 24.0. The zero-order valence-electron chi connectivity index (χ0n) is 14.8. The monoisotopic (exact) mass is 314 g/mol. The van der Waals surface area contributed by atoms with Crippen molar-refractivity contribution < 1.29 is 9.59 Å². The van der Waals surface area contributed by atoms with Crippen molar-refractivity contribution >= 4 is 11.6 Å². The Labute approximate surface area is 140 Å². The van der Waals surface area contributed by atoms with Crippen molar-refractivity contribution in [3.63, 3.8) is 0 Å². The van der Waals surface area contributed by atoms with Crippen LogP contribution < -0.4 is 0 Å². The molecule has 4 aliphatic carbocycles. The van der Waals surface area contributed by atoms with Gasteiger partial charge in [0.2, 0.25) is 0 Å². The molecule has 23 heavy (non-hydrogen) atoms. The molecule has 0 N–H and O–H groups in total. The SMILES string of the molecule is CC(=O)[C@@H]1CC[C@@H]2[C@H]3C=C[C@H]4CC(=O)CC[C@]4(C)[C@@H]3CC[C@]21C. The second kappa shape index (κ2) is 5.04. The predicted octanol–water partition coefficient (Wildman–Crippen LogP) is 4.58. The van der Waals surface area contributed by atoms with Crippen molar-refractivity contribution in [2.75, 3.05) is 0 Å². The zero-order chi connectivity index (χ0) is 16.4. The Morgan fingerprint density at radius 1 is 1.04 bits per heavy atom. The van der Waals surface area contributed by atoms with Crippen molar-refractivity contribution in [1.82, 2.24) is 0 Å². The number of fused-ring (bicyclic) bond motifs is 5. The van der Waals surface area contributed by atoms with E-state index in [9.17, 15) is 9.59 Å². The smallest absolute Gasteiger partial charge is 0.133 e. The lowest BCUT2D eigenvalue weighted by Gasteiger charge is -2.57. The molecule has 3 saturated carbocycles. The molecular weight excluding hydrogens is 284 g/mol. The Morgan fingerprint density at radius 2 is 1.78 bits per heavy atom. The highest BCUT2D eigenvalue weighted by Crippen LogP contribution is 2.65. The van der Waals surface area contributed by atoms with Crippen LogP contribution >= 0.6 is 0 Å². The Hall–Kier alpha value is -0.920. The molecule has 0 spiro atoms. The van der Waals surface area contributed by atoms with E-state index in [1.807, 2.05) is 0 Å². The van der Waals surface area contributed by atoms with Gasteiger partial charge in [0, 0.05) is 18.8 Å². The van der Waals surface area contributed by atoms with Gasteiger partial charge in [0.15, 0.2) is 0 Å². The quantitative estimate of drug-likeness (QED) is 0.664. The highest BCUT2D eigenvalue weighted by molar-refractivity contribution is 5.80. The minimum Gasteiger partial charge on any atom is -0.300 e. The van der Waals surface area contributed by atoms with Crippen LogP contribution in [0.2, 0.25) is 0 Å². The molecule has 2 nitrogen and oxygen atoms in total. The van der Waals surface area contributed by atoms with Gasteiger partial charge in [-0.1, -0.05) is 26.0 Å². The van der Waals surface area contributed by atoms with E-state index in [0.717, 1.165) is 31.6 Å². The zero-order valence-corrected chi connectivity index (χ0v) is 14.8. The van der Waals surface area contributed by atoms with E-state index in [0.29, 0.717) is 34.7 Å². The summed E-state index contributed by atoms with van der Waals surface area (Å²) in [7, 11) is 0. The fraction of sp³-hybridized carbons (Fsp3) is 0.810. The molecule has 7 atom stereocenters. The van der Waals surface area contributed by atoms with Crippen LogP contribution in [0.4, 0.5) is 0 Å². The third kappa shape index (κ3) is 2.06. The molecule has 0 unspecified atom stereocenters. The van der Waals surface area contributed by atoms with Crippen molar-refractivity contribution in [3.8, 4) is 0 Å². The topological polar surface area (TPSA) is 34.1 Å². The van der Waals surface area contributed by atoms with E-state index < -0.39 is 0 Å². The standard InChI is InChI=1S/C21H30O2/c1-13(22)17-6-7-18-16-5-4-14-12-15(23)8-10-20(14,2)19(16)9-11-21(17,18)3/h4-5,14,16-19H,6-12H2,1-3H3/t14-,16+,17-,18+,19+,20-,21-/m0/s1. The number of hydrogen-bond acceptors (Lipinski definition) is 2. The molecule has 3 fully saturated rings. The molecule has 0 amide bonds. The van der Waals surface area contributed by atoms with Gasteiger partial charge in [-0.15, -0.1) is 0 Å². The molecule has 0 bridgehead atoms. The summed E-state index contributed by atoms with van der Waals surface area (Å²) in [6.07, 6.45) is 12.2. The van der Waals surface area contributed by atoms with Crippen molar-refractivity contribution in [2.24, 2.45) is 40.4 Å². The molecule has 0 radical (unpaired) electrons. The first-order valence-corrected chi connectivity index (χ1v) is 9.57. The molecule has 2 heteroatoms. The summed E-state index contributed by atoms with van der Waals surface area (Å²) in [6, 6.07) is 0. The summed E-state index contributed by atoms with van der Waals surface area (Å²) in [5, 5.41) is 0. The maximum Gasteiger partial charge on any atom is 0.133 e. The van der Waals surface area contributed by atoms with Gasteiger partial charge in [-0.05, 0) is 73.5 Å². The Balaban J connectivity index is 1.68. The first-order chi connectivity index (χ1) is 10.9. The summed E-state index contributed by atoms with van der Waals surface area (Å²) in [6.45, 7) is 6.64. The van der Waals surface area contributed by atoms with Gasteiger partial charge >= 0.3 is 0 Å². The minimum absolute atomic E-state index is 0.213. The molecule has 0 aromatic rings. The number of allylic oxidation sites excluding steroid dienone is 2. The van der Waals surface area contributed by atoms with Crippen LogP contribution in [0.25, 0.3) is 0 Å². The van der Waals surface area contributed by atoms with Gasteiger partial charge in [-0.2, -0.15) is 0 Å². The summed E-state index contributed by atoms with van der Waals surface area (Å²) in [5.41, 5.74) is 0.522. The van der Waals surface area contributed by atoms with Gasteiger partial charge < -0.3 is 0 Å². The van der Waals surface area contributed by atoms with Crippen LogP contribution in [0.5, 0.6) is 0 Å². The Kier molecular flexibility index (Phi) is 3.42. The van der Waals surface area contributed by atoms with Crippen LogP contribution in [0, 0.1) is 40.4 Å². The average molecular weight is 314 g/mol. The van der Waals surface area contributed by atoms with Gasteiger partial charge in [0.05, 0.1) is 0 Å². The number of Topliss-reactive ketones (excluding diaryl/α,β-unsaturated/α-hetero) is 2. The van der Waals surface area contributed by atoms with E-state index >= 15 is 0 Å². The average Bonchev–Trinajstić information content (AvgIpc) is 2.85. The molecule has 0 aromatic heterocycles. The normalized spacial score (nSPS) is 51.8. The highest BCUT2D eigenvalue weighted by Gasteiger charge is 2.59. The fourth-order valence-electron chi connectivity index (χ4n) is 7.09. The van der Waals surface area contributed by atoms with Gasteiger partial charge in [0.1, 0.15) is 11.6 Å². The number of carbonyl (C=O) groups is 2. The molecule has 0 aliphatic heterocycles. The van der Waals surface area contributed by atoms with Crippen LogP contribution in [-0.4, -0.2) is 11.6 Å². The maximum absolute atomic E-state index is 12.1. The van der Waals surface area contributed by atoms with Gasteiger partial charge in [0.25, 0.3) is 0 Å². The number of rotatable bonds is 1. The van der Waals surface area contributed by atoms with Crippen LogP contribution in [-0.2, 0) is 9.59 Å². The van der Waals surface area contributed by atoms with Crippen LogP contribution in [0.1, 0.15) is 65.7 Å². The second-order valence-corrected chi connectivity index (χ2v) is 9.32. The largest absolute Gasteiger partial charge is 0.300 e. The summed E-state index contributed by atoms with van der Waals surface area (Å²) in [5.74, 6) is 3.61. The molecule has 0 saturated heterocycles. The van der Waals surface area contributed by atoms with E-state index in [1.54, 1.807) is 6.92 Å². The van der Waals surface area contributed by atoms with E-state index in [4.69, 9.17) is 0 Å². The van der Waals surface area contributed by atoms with Crippen molar-refractivity contribution in [2.45, 2.75) is 65.7 Å². The number of carbonyl (C=O) groups excluding carboxylic acids is 2. The summed E-state index contributed by atoms with van der Waals surface area (Å²) >= 11 is 0. The lowest BCUT2D eigenvalue weighted by molar-refractivity contribution is -0.132. The van der Waals surface area contributed by atoms with Crippen LogP contribution in [0.3, 0.4) is 0 Å². The Bertz CT molecular complexity index is 576. The molecule has 0 heterocycles. The Morgan fingerprint density at radius 3 is 2.52 bits per heavy atom. The third-order valence-electron chi connectivity index (χ3n) is 8.47. The van der Waals surface area contributed by atoms with E-state index in [2.05, 4.69) is 26.0 Å². The van der Waals surface area contributed by atoms with Gasteiger partial charge in [-0.3, -0.25) is 9.59 Å². The van der Waals surface area contributed by atoms with Crippen LogP contribution in [0.15, 0.2) is 12.2 Å². The number of hydrogen-bond donors (Lipinski definition) is 0. The van der Waals surface area contributed by atoms with Crippen molar-refractivity contribution in [3.05, 3.63) is 12.2 Å². The van der Waals surface area contributed by atoms with E-state index in [-0.39, 0.29) is 11.3 Å². The fourth-order valence-corrected chi connectivity index (χ4v) is 7.09. The second-order valence-electron chi connectivity index (χ2n) is 9.32. The summed E-state index contributed by atoms with van der Waals surface area (Å²) < 4.78 is 0. The number of ketones is 2. The van der Waals surface area contributed by atoms with Crippen molar-refractivity contribution in [1.29, 1.82) is 0 Å². The first-order valence-electron chi connectivity index (χ1n) is 9.57.